The quantitative estimate of drug-likeness (QED) is 0.867. The summed E-state index contributed by atoms with van der Waals surface area (Å²) in [5, 5.41) is 3.38. The Balaban J connectivity index is 1.87. The van der Waals surface area contributed by atoms with Gasteiger partial charge in [0, 0.05) is 13.2 Å². The topological polar surface area (TPSA) is 30.5 Å². The zero-order chi connectivity index (χ0) is 14.4. The first kappa shape index (κ1) is 15.5. The molecule has 0 bridgehead atoms. The van der Waals surface area contributed by atoms with Gasteiger partial charge in [-0.1, -0.05) is 29.8 Å². The van der Waals surface area contributed by atoms with Crippen molar-refractivity contribution in [2.24, 2.45) is 5.92 Å². The minimum absolute atomic E-state index is 0.172. The van der Waals surface area contributed by atoms with Gasteiger partial charge >= 0.3 is 0 Å². The van der Waals surface area contributed by atoms with Crippen LogP contribution in [-0.2, 0) is 9.47 Å². The molecule has 1 aliphatic rings. The first-order valence-electron chi connectivity index (χ1n) is 7.64. The highest BCUT2D eigenvalue weighted by Gasteiger charge is 2.21. The molecule has 2 unspecified atom stereocenters. The van der Waals surface area contributed by atoms with Crippen LogP contribution in [0.25, 0.3) is 0 Å². The van der Waals surface area contributed by atoms with Crippen LogP contribution in [0, 0.1) is 12.8 Å². The lowest BCUT2D eigenvalue weighted by atomic mass is 9.99. The third-order valence-corrected chi connectivity index (χ3v) is 4.15. The Hall–Kier alpha value is -0.900. The molecule has 1 fully saturated rings. The van der Waals surface area contributed by atoms with Gasteiger partial charge in [-0.15, -0.1) is 0 Å². The normalized spacial score (nSPS) is 19.8. The zero-order valence-corrected chi connectivity index (χ0v) is 12.9. The molecule has 0 aliphatic carbocycles. The van der Waals surface area contributed by atoms with Gasteiger partial charge in [-0.2, -0.15) is 0 Å². The van der Waals surface area contributed by atoms with Crippen LogP contribution in [0.1, 0.15) is 36.9 Å². The summed E-state index contributed by atoms with van der Waals surface area (Å²) in [5.74, 6) is 0.654. The number of rotatable bonds is 6. The maximum atomic E-state index is 6.10. The molecular weight excluding hydrogens is 250 g/mol. The van der Waals surface area contributed by atoms with E-state index < -0.39 is 0 Å². The Morgan fingerprint density at radius 1 is 1.25 bits per heavy atom. The van der Waals surface area contributed by atoms with E-state index in [9.17, 15) is 0 Å². The number of hydrogen-bond donors (Lipinski definition) is 1. The van der Waals surface area contributed by atoms with Crippen molar-refractivity contribution in [3.8, 4) is 0 Å². The summed E-state index contributed by atoms with van der Waals surface area (Å²) in [6, 6.07) is 8.93. The summed E-state index contributed by atoms with van der Waals surface area (Å²) in [6.45, 7) is 6.88. The van der Waals surface area contributed by atoms with Crippen LogP contribution in [0.15, 0.2) is 24.3 Å². The van der Waals surface area contributed by atoms with E-state index >= 15 is 0 Å². The average molecular weight is 277 g/mol. The van der Waals surface area contributed by atoms with Gasteiger partial charge in [-0.3, -0.25) is 0 Å². The Kier molecular flexibility index (Phi) is 6.02. The third kappa shape index (κ3) is 4.30. The van der Waals surface area contributed by atoms with Crippen molar-refractivity contribution in [2.45, 2.75) is 38.8 Å². The van der Waals surface area contributed by atoms with Crippen LogP contribution in [0.5, 0.6) is 0 Å². The van der Waals surface area contributed by atoms with Crippen LogP contribution in [0.2, 0.25) is 0 Å². The highest BCUT2D eigenvalue weighted by Crippen LogP contribution is 2.22. The predicted molar refractivity (Wildman–Crippen MR) is 81.9 cm³/mol. The van der Waals surface area contributed by atoms with E-state index in [4.69, 9.17) is 9.47 Å². The number of ether oxygens (including phenoxy) is 2. The number of hydrogen-bond acceptors (Lipinski definition) is 3. The van der Waals surface area contributed by atoms with Gasteiger partial charge in [-0.25, -0.2) is 0 Å². The molecule has 20 heavy (non-hydrogen) atoms. The second-order valence-electron chi connectivity index (χ2n) is 5.77. The number of likely N-dealkylation sites (N-methyl/N-ethyl adjacent to an activating group) is 1. The van der Waals surface area contributed by atoms with Crippen LogP contribution in [0.3, 0.4) is 0 Å². The number of nitrogens with one attached hydrogen (secondary N) is 1. The summed E-state index contributed by atoms with van der Waals surface area (Å²) < 4.78 is 11.5. The van der Waals surface area contributed by atoms with Crippen molar-refractivity contribution in [3.05, 3.63) is 35.4 Å². The molecule has 1 aromatic carbocycles. The summed E-state index contributed by atoms with van der Waals surface area (Å²) >= 11 is 0. The molecule has 1 aromatic rings. The van der Waals surface area contributed by atoms with Crippen molar-refractivity contribution in [1.82, 2.24) is 5.32 Å². The van der Waals surface area contributed by atoms with Gasteiger partial charge in [0.05, 0.1) is 18.8 Å². The van der Waals surface area contributed by atoms with Crippen LogP contribution < -0.4 is 5.32 Å². The highest BCUT2D eigenvalue weighted by atomic mass is 16.5. The van der Waals surface area contributed by atoms with Gasteiger partial charge in [0.15, 0.2) is 0 Å². The molecule has 1 saturated heterocycles. The molecule has 3 heteroatoms. The lowest BCUT2D eigenvalue weighted by Crippen LogP contribution is -2.31. The summed E-state index contributed by atoms with van der Waals surface area (Å²) in [4.78, 5) is 0. The lowest BCUT2D eigenvalue weighted by Gasteiger charge is -2.28. The minimum atomic E-state index is 0.172. The van der Waals surface area contributed by atoms with Crippen molar-refractivity contribution >= 4 is 0 Å². The summed E-state index contributed by atoms with van der Waals surface area (Å²) in [7, 11) is 2.00. The summed E-state index contributed by atoms with van der Waals surface area (Å²) in [6.07, 6.45) is 2.42. The fraction of sp³-hybridized carbons (Fsp3) is 0.647. The van der Waals surface area contributed by atoms with Crippen LogP contribution in [-0.4, -0.2) is 33.0 Å². The average Bonchev–Trinajstić information content (AvgIpc) is 2.49. The van der Waals surface area contributed by atoms with Crippen molar-refractivity contribution in [2.75, 3.05) is 26.9 Å². The van der Waals surface area contributed by atoms with Gasteiger partial charge < -0.3 is 14.8 Å². The first-order valence-corrected chi connectivity index (χ1v) is 7.64. The minimum Gasteiger partial charge on any atom is -0.381 e. The molecule has 0 radical (unpaired) electrons. The molecule has 2 rings (SSSR count). The fourth-order valence-corrected chi connectivity index (χ4v) is 2.74. The van der Waals surface area contributed by atoms with E-state index in [1.807, 2.05) is 7.05 Å². The maximum Gasteiger partial charge on any atom is 0.0741 e. The molecule has 0 saturated carbocycles. The van der Waals surface area contributed by atoms with Crippen molar-refractivity contribution in [3.63, 3.8) is 0 Å². The van der Waals surface area contributed by atoms with Gasteiger partial charge in [-0.05, 0) is 45.2 Å². The van der Waals surface area contributed by atoms with Gasteiger partial charge in [0.2, 0.25) is 0 Å². The van der Waals surface area contributed by atoms with Crippen molar-refractivity contribution < 1.29 is 9.47 Å². The predicted octanol–water partition coefficient (Wildman–Crippen LogP) is 3.09. The third-order valence-electron chi connectivity index (χ3n) is 4.15. The molecule has 0 aromatic heterocycles. The standard InChI is InChI=1S/C17H27NO2/c1-13-4-6-16(7-5-13)17(18-3)14(2)20-12-15-8-10-19-11-9-15/h4-7,14-15,17-18H,8-12H2,1-3H3. The number of aryl methyl sites for hydroxylation is 1. The second kappa shape index (κ2) is 7.77. The highest BCUT2D eigenvalue weighted by molar-refractivity contribution is 5.24. The maximum absolute atomic E-state index is 6.10. The number of benzene rings is 1. The van der Waals surface area contributed by atoms with E-state index in [0.29, 0.717) is 5.92 Å². The molecule has 2 atom stereocenters. The molecule has 1 heterocycles. The summed E-state index contributed by atoms with van der Waals surface area (Å²) in [5.41, 5.74) is 2.58. The van der Waals surface area contributed by atoms with E-state index in [0.717, 1.165) is 32.7 Å². The molecule has 1 N–H and O–H groups in total. The van der Waals surface area contributed by atoms with E-state index in [1.165, 1.54) is 11.1 Å². The molecule has 1 aliphatic heterocycles. The molecule has 3 nitrogen and oxygen atoms in total. The molecule has 0 spiro atoms. The van der Waals surface area contributed by atoms with E-state index in [-0.39, 0.29) is 12.1 Å². The lowest BCUT2D eigenvalue weighted by molar-refractivity contribution is -0.0165. The fourth-order valence-electron chi connectivity index (χ4n) is 2.74. The largest absolute Gasteiger partial charge is 0.381 e. The molecule has 112 valence electrons. The van der Waals surface area contributed by atoms with Gasteiger partial charge in [0.1, 0.15) is 0 Å². The first-order chi connectivity index (χ1) is 9.70. The Morgan fingerprint density at radius 3 is 2.50 bits per heavy atom. The molecular formula is C17H27NO2. The Morgan fingerprint density at radius 2 is 1.90 bits per heavy atom. The second-order valence-corrected chi connectivity index (χ2v) is 5.77. The van der Waals surface area contributed by atoms with E-state index in [1.54, 1.807) is 0 Å². The zero-order valence-electron chi connectivity index (χ0n) is 12.9. The van der Waals surface area contributed by atoms with Crippen molar-refractivity contribution in [1.29, 1.82) is 0 Å². The van der Waals surface area contributed by atoms with Gasteiger partial charge in [0.25, 0.3) is 0 Å². The molecule has 0 amide bonds. The van der Waals surface area contributed by atoms with Crippen LogP contribution >= 0.6 is 0 Å². The Labute approximate surface area is 122 Å². The van der Waals surface area contributed by atoms with E-state index in [2.05, 4.69) is 43.4 Å². The SMILES string of the molecule is CNC(c1ccc(C)cc1)C(C)OCC1CCOCC1. The Bertz CT molecular complexity index is 384. The smallest absolute Gasteiger partial charge is 0.0741 e. The monoisotopic (exact) mass is 277 g/mol. The van der Waals surface area contributed by atoms with Crippen LogP contribution in [0.4, 0.5) is 0 Å².